The van der Waals surface area contributed by atoms with Gasteiger partial charge in [0.05, 0.1) is 12.2 Å². The van der Waals surface area contributed by atoms with Gasteiger partial charge in [-0.25, -0.2) is 9.90 Å². The largest absolute Gasteiger partial charge is 0.360 e. The third-order valence-electron chi connectivity index (χ3n) is 4.75. The van der Waals surface area contributed by atoms with Crippen LogP contribution < -0.4 is 10.9 Å². The van der Waals surface area contributed by atoms with E-state index in [0.29, 0.717) is 6.54 Å². The molecule has 0 aliphatic carbocycles. The molecule has 0 bridgehead atoms. The van der Waals surface area contributed by atoms with Crippen LogP contribution in [-0.2, 0) is 19.4 Å². The zero-order valence-electron chi connectivity index (χ0n) is 16.9. The number of aromatic nitrogens is 5. The molecule has 0 amide bonds. The van der Waals surface area contributed by atoms with E-state index in [1.807, 2.05) is 43.3 Å². The van der Waals surface area contributed by atoms with Gasteiger partial charge in [-0.2, -0.15) is 5.10 Å². The number of anilines is 1. The van der Waals surface area contributed by atoms with Crippen molar-refractivity contribution in [3.63, 3.8) is 0 Å². The molecule has 0 aliphatic heterocycles. The molecule has 2 aromatic heterocycles. The van der Waals surface area contributed by atoms with Gasteiger partial charge in [-0.15, -0.1) is 5.10 Å². The van der Waals surface area contributed by atoms with Crippen molar-refractivity contribution in [1.82, 2.24) is 25.2 Å². The Morgan fingerprint density at radius 1 is 1.07 bits per heavy atom. The number of rotatable bonds is 8. The number of aromatic amines is 2. The van der Waals surface area contributed by atoms with Gasteiger partial charge in [-0.1, -0.05) is 36.9 Å². The number of hydrogen-bond acceptors (Lipinski definition) is 4. The molecule has 4 aromatic rings. The summed E-state index contributed by atoms with van der Waals surface area (Å²) >= 11 is 0. The number of allylic oxidation sites excluding steroid dienone is 1. The Hall–Kier alpha value is -3.87. The minimum atomic E-state index is -0.130. The topological polar surface area (TPSA) is 91.4 Å². The van der Waals surface area contributed by atoms with Crippen LogP contribution in [0.3, 0.4) is 0 Å². The summed E-state index contributed by atoms with van der Waals surface area (Å²) in [6.07, 6.45) is 1.72. The summed E-state index contributed by atoms with van der Waals surface area (Å²) in [5.74, 6) is 0.954. The highest BCUT2D eigenvalue weighted by Crippen LogP contribution is 2.19. The van der Waals surface area contributed by atoms with Crippen molar-refractivity contribution in [2.24, 2.45) is 0 Å². The van der Waals surface area contributed by atoms with E-state index in [-0.39, 0.29) is 5.56 Å². The van der Waals surface area contributed by atoms with E-state index in [1.54, 1.807) is 12.1 Å². The molecule has 7 nitrogen and oxygen atoms in total. The summed E-state index contributed by atoms with van der Waals surface area (Å²) in [4.78, 5) is 12.4. The van der Waals surface area contributed by atoms with Crippen LogP contribution in [-0.4, -0.2) is 25.2 Å². The third-order valence-corrected chi connectivity index (χ3v) is 4.75. The highest BCUT2D eigenvalue weighted by molar-refractivity contribution is 5.59. The van der Waals surface area contributed by atoms with Crippen molar-refractivity contribution in [2.45, 2.75) is 26.3 Å². The number of nitrogens with one attached hydrogen (secondary N) is 3. The highest BCUT2D eigenvalue weighted by Gasteiger charge is 2.07. The molecule has 0 spiro atoms. The molecule has 2 aromatic carbocycles. The second-order valence-electron chi connectivity index (χ2n) is 7.32. The Kier molecular flexibility index (Phi) is 5.61. The molecule has 7 heteroatoms. The molecule has 152 valence electrons. The number of H-pyrrole nitrogens is 2. The normalized spacial score (nSPS) is 10.8. The second kappa shape index (κ2) is 8.65. The van der Waals surface area contributed by atoms with Gasteiger partial charge in [0.15, 0.2) is 0 Å². The molecule has 0 saturated heterocycles. The van der Waals surface area contributed by atoms with Gasteiger partial charge in [0.25, 0.3) is 5.56 Å². The summed E-state index contributed by atoms with van der Waals surface area (Å²) in [5.41, 5.74) is 5.62. The average molecular weight is 400 g/mol. The van der Waals surface area contributed by atoms with Crippen molar-refractivity contribution >= 4 is 5.69 Å². The van der Waals surface area contributed by atoms with Crippen LogP contribution in [0.15, 0.2) is 77.7 Å². The van der Waals surface area contributed by atoms with Gasteiger partial charge >= 0.3 is 0 Å². The van der Waals surface area contributed by atoms with Gasteiger partial charge in [0.2, 0.25) is 0 Å². The number of benzene rings is 2. The zero-order chi connectivity index (χ0) is 20.9. The van der Waals surface area contributed by atoms with E-state index < -0.39 is 0 Å². The summed E-state index contributed by atoms with van der Waals surface area (Å²) in [5, 5.41) is 17.5. The first-order valence-corrected chi connectivity index (χ1v) is 9.83. The minimum Gasteiger partial charge on any atom is -0.360 e. The fourth-order valence-electron chi connectivity index (χ4n) is 3.29. The second-order valence-corrected chi connectivity index (χ2v) is 7.32. The van der Waals surface area contributed by atoms with Crippen molar-refractivity contribution in [3.05, 3.63) is 100 Å². The van der Waals surface area contributed by atoms with Crippen LogP contribution in [0.4, 0.5) is 5.69 Å². The SMILES string of the molecule is C=C(C)Nc1cccc(Cn2nc(-c3cccc(CCc4n[nH][nH]4)c3)ccc2=O)c1. The van der Waals surface area contributed by atoms with Crippen molar-refractivity contribution in [1.29, 1.82) is 0 Å². The Labute approximate surface area is 174 Å². The molecule has 0 radical (unpaired) electrons. The fourth-order valence-corrected chi connectivity index (χ4v) is 3.29. The minimum absolute atomic E-state index is 0.130. The predicted octanol–water partition coefficient (Wildman–Crippen LogP) is 3.74. The Morgan fingerprint density at radius 2 is 1.87 bits per heavy atom. The molecular formula is C23H24N6O. The molecule has 4 rings (SSSR count). The molecule has 0 saturated carbocycles. The highest BCUT2D eigenvalue weighted by atomic mass is 16.1. The quantitative estimate of drug-likeness (QED) is 0.420. The lowest BCUT2D eigenvalue weighted by Gasteiger charge is -2.11. The van der Waals surface area contributed by atoms with E-state index in [9.17, 15) is 4.79 Å². The van der Waals surface area contributed by atoms with Gasteiger partial charge in [-0.05, 0) is 48.7 Å². The fraction of sp³-hybridized carbons (Fsp3) is 0.174. The van der Waals surface area contributed by atoms with Crippen LogP contribution in [0.1, 0.15) is 23.9 Å². The van der Waals surface area contributed by atoms with Crippen LogP contribution in [0, 0.1) is 0 Å². The molecule has 0 fully saturated rings. The first kappa shape index (κ1) is 19.4. The summed E-state index contributed by atoms with van der Waals surface area (Å²) in [6, 6.07) is 19.5. The monoisotopic (exact) mass is 400 g/mol. The van der Waals surface area contributed by atoms with E-state index in [2.05, 4.69) is 44.5 Å². The Balaban J connectivity index is 1.55. The van der Waals surface area contributed by atoms with Crippen molar-refractivity contribution < 1.29 is 0 Å². The molecule has 2 heterocycles. The summed E-state index contributed by atoms with van der Waals surface area (Å²) in [7, 11) is 0. The van der Waals surface area contributed by atoms with Crippen LogP contribution in [0.2, 0.25) is 0 Å². The van der Waals surface area contributed by atoms with E-state index in [4.69, 9.17) is 0 Å². The predicted molar refractivity (Wildman–Crippen MR) is 118 cm³/mol. The lowest BCUT2D eigenvalue weighted by molar-refractivity contribution is 0.643. The lowest BCUT2D eigenvalue weighted by atomic mass is 10.0. The zero-order valence-corrected chi connectivity index (χ0v) is 16.9. The standard InChI is InChI=1S/C23H24N6O/c1-16(2)24-20-8-4-6-18(14-20)15-29-23(30)12-10-21(27-29)19-7-3-5-17(13-19)9-11-22-25-28-26-22/h3-8,10,12-14,24,28H,1,9,11,15H2,2H3,(H,25,26). The number of nitrogens with zero attached hydrogens (tertiary/aromatic N) is 3. The molecule has 3 N–H and O–H groups in total. The summed E-state index contributed by atoms with van der Waals surface area (Å²) in [6.45, 7) is 6.17. The van der Waals surface area contributed by atoms with Crippen molar-refractivity contribution in [3.8, 4) is 11.3 Å². The maximum atomic E-state index is 12.4. The number of hydrogen-bond donors (Lipinski definition) is 3. The lowest BCUT2D eigenvalue weighted by Crippen LogP contribution is -2.22. The van der Waals surface area contributed by atoms with E-state index in [0.717, 1.165) is 46.9 Å². The van der Waals surface area contributed by atoms with Crippen LogP contribution in [0.5, 0.6) is 0 Å². The smallest absolute Gasteiger partial charge is 0.267 e. The summed E-state index contributed by atoms with van der Waals surface area (Å²) < 4.78 is 1.50. The Morgan fingerprint density at radius 3 is 2.63 bits per heavy atom. The molecule has 30 heavy (non-hydrogen) atoms. The molecular weight excluding hydrogens is 376 g/mol. The molecule has 0 atom stereocenters. The first-order valence-electron chi connectivity index (χ1n) is 9.83. The number of aryl methyl sites for hydroxylation is 2. The van der Waals surface area contributed by atoms with E-state index >= 15 is 0 Å². The van der Waals surface area contributed by atoms with Crippen molar-refractivity contribution in [2.75, 3.05) is 5.32 Å². The van der Waals surface area contributed by atoms with Crippen LogP contribution in [0.25, 0.3) is 11.3 Å². The Bertz CT molecular complexity index is 1210. The third kappa shape index (κ3) is 4.75. The molecule has 0 aliphatic rings. The van der Waals surface area contributed by atoms with Gasteiger partial charge in [0, 0.05) is 29.4 Å². The maximum Gasteiger partial charge on any atom is 0.267 e. The van der Waals surface area contributed by atoms with Gasteiger partial charge < -0.3 is 5.32 Å². The molecule has 0 unspecified atom stereocenters. The maximum absolute atomic E-state index is 12.4. The van der Waals surface area contributed by atoms with E-state index in [1.165, 1.54) is 10.2 Å². The van der Waals surface area contributed by atoms with Gasteiger partial charge in [0.1, 0.15) is 5.82 Å². The van der Waals surface area contributed by atoms with Crippen LogP contribution >= 0.6 is 0 Å². The van der Waals surface area contributed by atoms with Gasteiger partial charge in [-0.3, -0.25) is 9.89 Å². The first-order chi connectivity index (χ1) is 14.6. The average Bonchev–Trinajstić information content (AvgIpc) is 2.68.